The van der Waals surface area contributed by atoms with Gasteiger partial charge in [-0.3, -0.25) is 9.59 Å². The largest absolute Gasteiger partial charge is 0.508 e. The summed E-state index contributed by atoms with van der Waals surface area (Å²) < 4.78 is 0. The first-order chi connectivity index (χ1) is 12.1. The summed E-state index contributed by atoms with van der Waals surface area (Å²) in [6.07, 6.45) is -1.28. The summed E-state index contributed by atoms with van der Waals surface area (Å²) in [5.41, 5.74) is 1.52. The van der Waals surface area contributed by atoms with E-state index in [1.54, 1.807) is 48.5 Å². The molecule has 3 aromatic carbocycles. The number of rotatable bonds is 5. The second-order valence-electron chi connectivity index (χ2n) is 5.63. The van der Waals surface area contributed by atoms with Crippen LogP contribution in [-0.4, -0.2) is 21.8 Å². The molecule has 1 atom stereocenters. The number of benzene rings is 3. The molecule has 2 N–H and O–H groups in total. The zero-order chi connectivity index (χ0) is 17.8. The van der Waals surface area contributed by atoms with Crippen molar-refractivity contribution in [3.05, 3.63) is 101 Å². The fraction of sp³-hybridized carbons (Fsp3) is 0.0476. The lowest BCUT2D eigenvalue weighted by Crippen LogP contribution is -2.13. The Morgan fingerprint density at radius 1 is 0.720 bits per heavy atom. The summed E-state index contributed by atoms with van der Waals surface area (Å²) >= 11 is 0. The van der Waals surface area contributed by atoms with Crippen LogP contribution in [0.25, 0.3) is 0 Å². The number of aliphatic hydroxyl groups is 1. The monoisotopic (exact) mass is 332 g/mol. The number of phenolic OH excluding ortho intramolecular Hbond substituents is 1. The number of aliphatic hydroxyl groups excluding tert-OH is 1. The molecule has 0 saturated carbocycles. The van der Waals surface area contributed by atoms with Crippen LogP contribution in [0.1, 0.15) is 37.9 Å². The van der Waals surface area contributed by atoms with Crippen molar-refractivity contribution in [3.63, 3.8) is 0 Å². The molecule has 4 heteroatoms. The van der Waals surface area contributed by atoms with Crippen LogP contribution in [0.2, 0.25) is 0 Å². The van der Waals surface area contributed by atoms with E-state index in [2.05, 4.69) is 0 Å². The van der Waals surface area contributed by atoms with Gasteiger partial charge in [-0.25, -0.2) is 0 Å². The maximum atomic E-state index is 12.5. The molecule has 0 spiro atoms. The Labute approximate surface area is 145 Å². The molecule has 25 heavy (non-hydrogen) atoms. The number of carbonyl (C=O) groups is 2. The van der Waals surface area contributed by atoms with Gasteiger partial charge >= 0.3 is 0 Å². The summed E-state index contributed by atoms with van der Waals surface area (Å²) in [4.78, 5) is 25.0. The van der Waals surface area contributed by atoms with E-state index in [0.29, 0.717) is 16.7 Å². The Morgan fingerprint density at radius 2 is 1.36 bits per heavy atom. The average Bonchev–Trinajstić information content (AvgIpc) is 2.67. The van der Waals surface area contributed by atoms with E-state index in [1.165, 1.54) is 30.3 Å². The molecule has 124 valence electrons. The average molecular weight is 332 g/mol. The van der Waals surface area contributed by atoms with Crippen molar-refractivity contribution >= 4 is 11.6 Å². The van der Waals surface area contributed by atoms with Gasteiger partial charge in [-0.05, 0) is 35.9 Å². The van der Waals surface area contributed by atoms with Crippen molar-refractivity contribution in [2.75, 3.05) is 0 Å². The smallest absolute Gasteiger partial charge is 0.195 e. The molecule has 3 aromatic rings. The van der Waals surface area contributed by atoms with Crippen molar-refractivity contribution in [2.24, 2.45) is 0 Å². The van der Waals surface area contributed by atoms with Crippen LogP contribution in [-0.2, 0) is 0 Å². The van der Waals surface area contributed by atoms with Crippen molar-refractivity contribution in [1.82, 2.24) is 0 Å². The third-order valence-corrected chi connectivity index (χ3v) is 3.90. The number of Topliss-reactive ketones (excluding diaryl/α,β-unsaturated/α-hetero) is 1. The molecule has 0 amide bonds. The highest BCUT2D eigenvalue weighted by molar-refractivity contribution is 6.10. The second kappa shape index (κ2) is 7.11. The van der Waals surface area contributed by atoms with Crippen LogP contribution in [0.4, 0.5) is 0 Å². The quantitative estimate of drug-likeness (QED) is 0.701. The van der Waals surface area contributed by atoms with E-state index in [9.17, 15) is 19.8 Å². The standard InChI is InChI=1S/C21H16O4/c22-18-11-9-15(10-12-18)19(23)16-7-4-8-17(13-16)21(25)20(24)14-5-2-1-3-6-14/h1-13,20,22,24H. The highest BCUT2D eigenvalue weighted by Gasteiger charge is 2.20. The first-order valence-electron chi connectivity index (χ1n) is 7.77. The molecule has 0 heterocycles. The lowest BCUT2D eigenvalue weighted by molar-refractivity contribution is 0.0747. The summed E-state index contributed by atoms with van der Waals surface area (Å²) in [5.74, 6) is -0.651. The van der Waals surface area contributed by atoms with E-state index in [4.69, 9.17) is 0 Å². The van der Waals surface area contributed by atoms with Crippen LogP contribution < -0.4 is 0 Å². The number of phenols is 1. The summed E-state index contributed by atoms with van der Waals surface area (Å²) in [6.45, 7) is 0. The molecule has 1 unspecified atom stereocenters. The maximum Gasteiger partial charge on any atom is 0.195 e. The number of ketones is 2. The van der Waals surface area contributed by atoms with Gasteiger partial charge in [0.05, 0.1) is 0 Å². The second-order valence-corrected chi connectivity index (χ2v) is 5.63. The number of hydrogen-bond donors (Lipinski definition) is 2. The van der Waals surface area contributed by atoms with Gasteiger partial charge in [-0.2, -0.15) is 0 Å². The number of carbonyl (C=O) groups excluding carboxylic acids is 2. The van der Waals surface area contributed by atoms with Crippen LogP contribution >= 0.6 is 0 Å². The molecule has 0 aliphatic heterocycles. The molecular weight excluding hydrogens is 316 g/mol. The molecule has 0 aliphatic rings. The van der Waals surface area contributed by atoms with Gasteiger partial charge in [-0.1, -0.05) is 48.5 Å². The molecule has 4 nitrogen and oxygen atoms in total. The molecule has 0 bridgehead atoms. The van der Waals surface area contributed by atoms with Gasteiger partial charge in [0.1, 0.15) is 11.9 Å². The van der Waals surface area contributed by atoms with Gasteiger partial charge in [-0.15, -0.1) is 0 Å². The fourth-order valence-electron chi connectivity index (χ4n) is 2.54. The Bertz CT molecular complexity index is 899. The minimum Gasteiger partial charge on any atom is -0.508 e. The zero-order valence-corrected chi connectivity index (χ0v) is 13.3. The predicted molar refractivity (Wildman–Crippen MR) is 93.7 cm³/mol. The van der Waals surface area contributed by atoms with E-state index < -0.39 is 11.9 Å². The zero-order valence-electron chi connectivity index (χ0n) is 13.3. The Hall–Kier alpha value is -3.24. The van der Waals surface area contributed by atoms with Gasteiger partial charge < -0.3 is 10.2 Å². The van der Waals surface area contributed by atoms with Gasteiger partial charge in [0, 0.05) is 16.7 Å². The van der Waals surface area contributed by atoms with Crippen LogP contribution in [0.3, 0.4) is 0 Å². The van der Waals surface area contributed by atoms with Gasteiger partial charge in [0.2, 0.25) is 0 Å². The molecule has 0 saturated heterocycles. The molecule has 0 aromatic heterocycles. The third kappa shape index (κ3) is 3.65. The van der Waals surface area contributed by atoms with Crippen molar-refractivity contribution in [3.8, 4) is 5.75 Å². The molecule has 0 radical (unpaired) electrons. The maximum absolute atomic E-state index is 12.5. The lowest BCUT2D eigenvalue weighted by atomic mass is 9.96. The van der Waals surface area contributed by atoms with Crippen molar-refractivity contribution < 1.29 is 19.8 Å². The molecule has 3 rings (SSSR count). The summed E-state index contributed by atoms with van der Waals surface area (Å²) in [6, 6.07) is 20.8. The third-order valence-electron chi connectivity index (χ3n) is 3.90. The molecular formula is C21H16O4. The van der Waals surface area contributed by atoms with Crippen LogP contribution in [0.5, 0.6) is 5.75 Å². The van der Waals surface area contributed by atoms with Crippen molar-refractivity contribution in [1.29, 1.82) is 0 Å². The minimum absolute atomic E-state index is 0.0754. The minimum atomic E-state index is -1.28. The van der Waals surface area contributed by atoms with Gasteiger partial charge in [0.15, 0.2) is 11.6 Å². The predicted octanol–water partition coefficient (Wildman–Crippen LogP) is 3.54. The van der Waals surface area contributed by atoms with Crippen LogP contribution in [0.15, 0.2) is 78.9 Å². The number of hydrogen-bond acceptors (Lipinski definition) is 4. The fourth-order valence-corrected chi connectivity index (χ4v) is 2.54. The summed E-state index contributed by atoms with van der Waals surface area (Å²) in [5, 5.41) is 19.6. The molecule has 0 fully saturated rings. The van der Waals surface area contributed by atoms with E-state index in [0.717, 1.165) is 0 Å². The highest BCUT2D eigenvalue weighted by Crippen LogP contribution is 2.20. The first kappa shape index (κ1) is 16.6. The SMILES string of the molecule is O=C(c1ccc(O)cc1)c1cccc(C(=O)C(O)c2ccccc2)c1. The summed E-state index contributed by atoms with van der Waals surface area (Å²) in [7, 11) is 0. The number of aromatic hydroxyl groups is 1. The van der Waals surface area contributed by atoms with E-state index >= 15 is 0 Å². The Morgan fingerprint density at radius 3 is 2.04 bits per heavy atom. The van der Waals surface area contributed by atoms with Crippen molar-refractivity contribution in [2.45, 2.75) is 6.10 Å². The molecule has 0 aliphatic carbocycles. The lowest BCUT2D eigenvalue weighted by Gasteiger charge is -2.11. The first-order valence-corrected chi connectivity index (χ1v) is 7.77. The van der Waals surface area contributed by atoms with Gasteiger partial charge in [0.25, 0.3) is 0 Å². The van der Waals surface area contributed by atoms with E-state index in [1.807, 2.05) is 0 Å². The Kier molecular flexibility index (Phi) is 4.73. The normalized spacial score (nSPS) is 11.7. The van der Waals surface area contributed by atoms with E-state index in [-0.39, 0.29) is 17.1 Å². The highest BCUT2D eigenvalue weighted by atomic mass is 16.3. The Balaban J connectivity index is 1.87. The van der Waals surface area contributed by atoms with Crippen LogP contribution in [0, 0.1) is 0 Å². The topological polar surface area (TPSA) is 74.6 Å².